The van der Waals surface area contributed by atoms with Gasteiger partial charge in [-0.05, 0) is 0 Å². The van der Waals surface area contributed by atoms with Crippen LogP contribution in [0.4, 0.5) is 4.39 Å². The number of hydrogen-bond donors (Lipinski definition) is 0. The van der Waals surface area contributed by atoms with Gasteiger partial charge in [0.1, 0.15) is 0 Å². The number of alkyl halides is 1. The van der Waals surface area contributed by atoms with Gasteiger partial charge in [-0.15, -0.1) is 0 Å². The summed E-state index contributed by atoms with van der Waals surface area (Å²) in [6.07, 6.45) is 0. The first-order valence-corrected chi connectivity index (χ1v) is 1.94. The van der Waals surface area contributed by atoms with Crippen molar-refractivity contribution in [3.8, 4) is 0 Å². The minimum absolute atomic E-state index is 0.785. The highest BCUT2D eigenvalue weighted by Crippen LogP contribution is 1.78. The van der Waals surface area contributed by atoms with Crippen molar-refractivity contribution in [3.05, 3.63) is 0 Å². The van der Waals surface area contributed by atoms with Crippen molar-refractivity contribution >= 4 is 11.9 Å². The summed E-state index contributed by atoms with van der Waals surface area (Å²) < 4.78 is 14.9. The van der Waals surface area contributed by atoms with Crippen molar-refractivity contribution in [3.63, 3.8) is 0 Å². The summed E-state index contributed by atoms with van der Waals surface area (Å²) >= 11 is 0. The zero-order valence-corrected chi connectivity index (χ0v) is 4.31. The summed E-state index contributed by atoms with van der Waals surface area (Å²) in [7, 11) is 0. The van der Waals surface area contributed by atoms with Crippen LogP contribution in [0.3, 0.4) is 0 Å². The molecule has 0 spiro atoms. The van der Waals surface area contributed by atoms with Gasteiger partial charge in [-0.2, -0.15) is 0 Å². The van der Waals surface area contributed by atoms with Gasteiger partial charge >= 0.3 is 11.9 Å². The highest BCUT2D eigenvalue weighted by atomic mass is 19.1. The molecule has 0 heterocycles. The highest BCUT2D eigenvalue weighted by molar-refractivity contribution is 5.84. The van der Waals surface area contributed by atoms with E-state index in [1.54, 1.807) is 0 Å². The minimum atomic E-state index is -1.25. The zero-order chi connectivity index (χ0) is 6.57. The Morgan fingerprint density at radius 2 is 2.12 bits per heavy atom. The van der Waals surface area contributed by atoms with Crippen molar-refractivity contribution in [2.24, 2.45) is 0 Å². The van der Waals surface area contributed by atoms with Gasteiger partial charge < -0.3 is 4.74 Å². The molecular formula is C4H5FO3. The van der Waals surface area contributed by atoms with Gasteiger partial charge in [0.05, 0.1) is 0 Å². The maximum atomic E-state index is 11.1. The summed E-state index contributed by atoms with van der Waals surface area (Å²) in [4.78, 5) is 19.6. The maximum Gasteiger partial charge on any atom is 0.345 e. The molecule has 0 aliphatic heterocycles. The fourth-order valence-electron chi connectivity index (χ4n) is 0.188. The molecule has 0 fully saturated rings. The van der Waals surface area contributed by atoms with E-state index >= 15 is 0 Å². The predicted molar refractivity (Wildman–Crippen MR) is 22.7 cm³/mol. The third-order valence-electron chi connectivity index (χ3n) is 0.367. The molecule has 0 saturated carbocycles. The fourth-order valence-corrected chi connectivity index (χ4v) is 0.188. The van der Waals surface area contributed by atoms with Gasteiger partial charge in [0.25, 0.3) is 0 Å². The molecule has 46 valence electrons. The highest BCUT2D eigenvalue weighted by Gasteiger charge is 2.02. The van der Waals surface area contributed by atoms with Crippen LogP contribution in [-0.4, -0.2) is 18.6 Å². The molecule has 0 amide bonds. The zero-order valence-electron chi connectivity index (χ0n) is 4.31. The molecule has 0 atom stereocenters. The summed E-state index contributed by atoms with van der Waals surface area (Å²) in [6, 6.07) is 0. The van der Waals surface area contributed by atoms with Crippen LogP contribution >= 0.6 is 0 Å². The lowest BCUT2D eigenvalue weighted by Crippen LogP contribution is -2.09. The number of hydrogen-bond acceptors (Lipinski definition) is 3. The average molecular weight is 120 g/mol. The Bertz CT molecular complexity index is 110. The van der Waals surface area contributed by atoms with Crippen LogP contribution < -0.4 is 0 Å². The summed E-state index contributed by atoms with van der Waals surface area (Å²) in [5.41, 5.74) is 0. The van der Waals surface area contributed by atoms with Crippen molar-refractivity contribution in [1.29, 1.82) is 0 Å². The Hall–Kier alpha value is -0.930. The number of carbonyl (C=O) groups excluding carboxylic acids is 2. The second kappa shape index (κ2) is 3.12. The first kappa shape index (κ1) is 7.07. The first-order valence-electron chi connectivity index (χ1n) is 1.94. The monoisotopic (exact) mass is 120 g/mol. The number of rotatable bonds is 1. The van der Waals surface area contributed by atoms with Crippen LogP contribution in [0.15, 0.2) is 0 Å². The molecule has 0 aromatic heterocycles. The molecule has 0 N–H and O–H groups in total. The van der Waals surface area contributed by atoms with Gasteiger partial charge in [-0.25, -0.2) is 9.18 Å². The molecule has 4 heteroatoms. The van der Waals surface area contributed by atoms with E-state index in [4.69, 9.17) is 0 Å². The fraction of sp³-hybridized carbons (Fsp3) is 0.500. The number of esters is 2. The van der Waals surface area contributed by atoms with Crippen LogP contribution in [0.2, 0.25) is 0 Å². The SMILES string of the molecule is CC(=O)OC(=O)CF. The number of ether oxygens (including phenoxy) is 1. The summed E-state index contributed by atoms with van der Waals surface area (Å²) in [6.45, 7) is -0.215. The summed E-state index contributed by atoms with van der Waals surface area (Å²) in [5, 5.41) is 0. The van der Waals surface area contributed by atoms with Crippen LogP contribution in [-0.2, 0) is 14.3 Å². The molecular weight excluding hydrogens is 115 g/mol. The molecule has 0 radical (unpaired) electrons. The quantitative estimate of drug-likeness (QED) is 0.362. The van der Waals surface area contributed by atoms with E-state index in [2.05, 4.69) is 4.74 Å². The molecule has 0 aliphatic carbocycles. The van der Waals surface area contributed by atoms with Crippen LogP contribution in [0, 0.1) is 0 Å². The van der Waals surface area contributed by atoms with Crippen molar-refractivity contribution in [2.75, 3.05) is 6.67 Å². The molecule has 0 rings (SSSR count). The lowest BCUT2D eigenvalue weighted by atomic mass is 10.7. The van der Waals surface area contributed by atoms with Gasteiger partial charge in [-0.3, -0.25) is 4.79 Å². The smallest absolute Gasteiger partial charge is 0.345 e. The lowest BCUT2D eigenvalue weighted by molar-refractivity contribution is -0.158. The van der Waals surface area contributed by atoms with E-state index < -0.39 is 18.6 Å². The standard InChI is InChI=1S/C4H5FO3/c1-3(6)8-4(7)2-5/h2H2,1H3. The van der Waals surface area contributed by atoms with Gasteiger partial charge in [0.2, 0.25) is 0 Å². The van der Waals surface area contributed by atoms with E-state index in [9.17, 15) is 14.0 Å². The van der Waals surface area contributed by atoms with Gasteiger partial charge in [-0.1, -0.05) is 0 Å². The molecule has 0 aliphatic rings. The molecule has 0 unspecified atom stereocenters. The van der Waals surface area contributed by atoms with E-state index in [1.807, 2.05) is 0 Å². The topological polar surface area (TPSA) is 43.4 Å². The second-order valence-corrected chi connectivity index (χ2v) is 1.10. The second-order valence-electron chi connectivity index (χ2n) is 1.10. The molecule has 0 bridgehead atoms. The minimum Gasteiger partial charge on any atom is -0.391 e. The average Bonchev–Trinajstić information content (AvgIpc) is 1.65. The largest absolute Gasteiger partial charge is 0.391 e. The van der Waals surface area contributed by atoms with E-state index in [0.717, 1.165) is 6.92 Å². The third-order valence-corrected chi connectivity index (χ3v) is 0.367. The Balaban J connectivity index is 3.40. The van der Waals surface area contributed by atoms with Crippen molar-refractivity contribution in [2.45, 2.75) is 6.92 Å². The molecule has 3 nitrogen and oxygen atoms in total. The van der Waals surface area contributed by atoms with Crippen LogP contribution in [0.1, 0.15) is 6.92 Å². The Morgan fingerprint density at radius 3 is 2.25 bits per heavy atom. The first-order chi connectivity index (χ1) is 3.66. The third kappa shape index (κ3) is 3.27. The molecule has 8 heavy (non-hydrogen) atoms. The maximum absolute atomic E-state index is 11.1. The Labute approximate surface area is 45.4 Å². The number of halogens is 1. The van der Waals surface area contributed by atoms with Crippen molar-refractivity contribution in [1.82, 2.24) is 0 Å². The normalized spacial score (nSPS) is 8.25. The summed E-state index contributed by atoms with van der Waals surface area (Å²) in [5.74, 6) is -1.93. The van der Waals surface area contributed by atoms with E-state index in [0.29, 0.717) is 0 Å². The predicted octanol–water partition coefficient (Wildman–Crippen LogP) is 0.0456. The van der Waals surface area contributed by atoms with Crippen molar-refractivity contribution < 1.29 is 18.7 Å². The van der Waals surface area contributed by atoms with E-state index in [-0.39, 0.29) is 0 Å². The lowest BCUT2D eigenvalue weighted by Gasteiger charge is -1.90. The van der Waals surface area contributed by atoms with E-state index in [1.165, 1.54) is 0 Å². The van der Waals surface area contributed by atoms with Gasteiger partial charge in [0, 0.05) is 6.92 Å². The molecule has 0 saturated heterocycles. The molecule has 0 aromatic carbocycles. The Morgan fingerprint density at radius 1 is 1.62 bits per heavy atom. The van der Waals surface area contributed by atoms with Gasteiger partial charge in [0.15, 0.2) is 6.67 Å². The van der Waals surface area contributed by atoms with Crippen LogP contribution in [0.5, 0.6) is 0 Å². The Kier molecular flexibility index (Phi) is 2.76. The number of carbonyl (C=O) groups is 2. The molecule has 0 aromatic rings. The van der Waals surface area contributed by atoms with Crippen LogP contribution in [0.25, 0.3) is 0 Å².